The van der Waals surface area contributed by atoms with E-state index in [0.29, 0.717) is 17.2 Å². The first-order chi connectivity index (χ1) is 9.92. The molecule has 1 N–H and O–H groups in total. The van der Waals surface area contributed by atoms with Gasteiger partial charge >= 0.3 is 0 Å². The number of aromatic nitrogens is 1. The number of halogens is 2. The number of ether oxygens (including phenoxy) is 1. The lowest BCUT2D eigenvalue weighted by molar-refractivity contribution is 0.0947. The Kier molecular flexibility index (Phi) is 4.75. The van der Waals surface area contributed by atoms with Crippen molar-refractivity contribution in [2.24, 2.45) is 0 Å². The third kappa shape index (κ3) is 3.49. The fraction of sp³-hybridized carbons (Fsp3) is 0.286. The lowest BCUT2D eigenvalue weighted by atomic mass is 10.2. The van der Waals surface area contributed by atoms with Crippen molar-refractivity contribution in [3.8, 4) is 5.75 Å². The summed E-state index contributed by atoms with van der Waals surface area (Å²) in [4.78, 5) is 16.3. The molecule has 21 heavy (non-hydrogen) atoms. The first-order valence-corrected chi connectivity index (χ1v) is 6.92. The molecule has 0 fully saturated rings. The lowest BCUT2D eigenvalue weighted by Gasteiger charge is -2.08. The largest absolute Gasteiger partial charge is 0.494 e. The minimum absolute atomic E-state index is 0.189. The van der Waals surface area contributed by atoms with E-state index in [-0.39, 0.29) is 22.5 Å². The number of hydrogen-bond acceptors (Lipinski definition) is 4. The van der Waals surface area contributed by atoms with Gasteiger partial charge in [-0.25, -0.2) is 4.98 Å². The van der Waals surface area contributed by atoms with E-state index in [4.69, 9.17) is 32.4 Å². The van der Waals surface area contributed by atoms with E-state index in [1.807, 2.05) is 13.8 Å². The van der Waals surface area contributed by atoms with Gasteiger partial charge in [0, 0.05) is 5.56 Å². The van der Waals surface area contributed by atoms with Crippen molar-refractivity contribution in [3.63, 3.8) is 0 Å². The highest BCUT2D eigenvalue weighted by Crippen LogP contribution is 2.33. The van der Waals surface area contributed by atoms with Crippen molar-refractivity contribution < 1.29 is 13.9 Å². The molecule has 0 saturated heterocycles. The molecule has 2 rings (SSSR count). The Bertz CT molecular complexity index is 640. The summed E-state index contributed by atoms with van der Waals surface area (Å²) in [6.07, 6.45) is 0. The van der Waals surface area contributed by atoms with Gasteiger partial charge in [0.1, 0.15) is 5.76 Å². The van der Waals surface area contributed by atoms with Gasteiger partial charge in [0.15, 0.2) is 5.75 Å². The minimum atomic E-state index is -0.324. The standard InChI is InChI=1S/C14H14Cl2N2O3/c1-7-8(2)21-12(18-7)6-17-14(19)9-4-10(15)13(20-3)11(16)5-9/h4-5H,6H2,1-3H3,(H,17,19). The summed E-state index contributed by atoms with van der Waals surface area (Å²) >= 11 is 12.0. The van der Waals surface area contributed by atoms with E-state index in [2.05, 4.69) is 10.3 Å². The number of amides is 1. The summed E-state index contributed by atoms with van der Waals surface area (Å²) in [5.41, 5.74) is 1.14. The second-order valence-electron chi connectivity index (χ2n) is 4.41. The van der Waals surface area contributed by atoms with Gasteiger partial charge in [-0.3, -0.25) is 4.79 Å². The number of nitrogens with one attached hydrogen (secondary N) is 1. The molecule has 1 aromatic carbocycles. The molecule has 5 nitrogen and oxygen atoms in total. The van der Waals surface area contributed by atoms with Gasteiger partial charge in [0.25, 0.3) is 5.91 Å². The normalized spacial score (nSPS) is 10.5. The van der Waals surface area contributed by atoms with E-state index in [9.17, 15) is 4.79 Å². The van der Waals surface area contributed by atoms with Crippen LogP contribution in [-0.4, -0.2) is 18.0 Å². The van der Waals surface area contributed by atoms with Crippen molar-refractivity contribution in [2.75, 3.05) is 7.11 Å². The highest BCUT2D eigenvalue weighted by molar-refractivity contribution is 6.37. The van der Waals surface area contributed by atoms with Crippen LogP contribution >= 0.6 is 23.2 Å². The lowest BCUT2D eigenvalue weighted by Crippen LogP contribution is -2.23. The highest BCUT2D eigenvalue weighted by Gasteiger charge is 2.14. The smallest absolute Gasteiger partial charge is 0.251 e. The number of oxazole rings is 1. The van der Waals surface area contributed by atoms with Gasteiger partial charge in [-0.05, 0) is 26.0 Å². The highest BCUT2D eigenvalue weighted by atomic mass is 35.5. The van der Waals surface area contributed by atoms with E-state index in [0.717, 1.165) is 11.5 Å². The maximum Gasteiger partial charge on any atom is 0.251 e. The molecule has 2 aromatic rings. The molecule has 0 aliphatic heterocycles. The molecule has 7 heteroatoms. The maximum atomic E-state index is 12.1. The van der Waals surface area contributed by atoms with Crippen LogP contribution in [0.4, 0.5) is 0 Å². The van der Waals surface area contributed by atoms with Gasteiger partial charge < -0.3 is 14.5 Å². The molecule has 0 atom stereocenters. The third-order valence-electron chi connectivity index (χ3n) is 2.94. The summed E-state index contributed by atoms with van der Waals surface area (Å²) in [5.74, 6) is 1.20. The van der Waals surface area contributed by atoms with Crippen LogP contribution in [0.1, 0.15) is 27.7 Å². The molecule has 1 heterocycles. The van der Waals surface area contributed by atoms with Crippen LogP contribution in [0.3, 0.4) is 0 Å². The average molecular weight is 329 g/mol. The summed E-state index contributed by atoms with van der Waals surface area (Å²) in [5, 5.41) is 3.25. The maximum absolute atomic E-state index is 12.1. The zero-order chi connectivity index (χ0) is 15.6. The van der Waals surface area contributed by atoms with Crippen LogP contribution in [0.2, 0.25) is 10.0 Å². The predicted octanol–water partition coefficient (Wildman–Crippen LogP) is 3.54. The number of hydrogen-bond donors (Lipinski definition) is 1. The molecule has 112 valence electrons. The number of carbonyl (C=O) groups excluding carboxylic acids is 1. The molecule has 0 saturated carbocycles. The molecule has 0 aliphatic carbocycles. The Balaban J connectivity index is 2.10. The van der Waals surface area contributed by atoms with Crippen LogP contribution in [0.5, 0.6) is 5.75 Å². The van der Waals surface area contributed by atoms with Gasteiger partial charge in [-0.2, -0.15) is 0 Å². The van der Waals surface area contributed by atoms with Crippen LogP contribution in [0, 0.1) is 13.8 Å². The van der Waals surface area contributed by atoms with Crippen molar-refractivity contribution in [3.05, 3.63) is 45.1 Å². The molecule has 1 amide bonds. The monoisotopic (exact) mass is 328 g/mol. The zero-order valence-electron chi connectivity index (χ0n) is 11.8. The molecule has 0 spiro atoms. The van der Waals surface area contributed by atoms with E-state index in [1.165, 1.54) is 19.2 Å². The summed E-state index contributed by atoms with van der Waals surface area (Å²) in [6, 6.07) is 2.99. The number of methoxy groups -OCH3 is 1. The van der Waals surface area contributed by atoms with Gasteiger partial charge in [0.2, 0.25) is 5.89 Å². The molecule has 0 bridgehead atoms. The molecule has 0 radical (unpaired) electrons. The Morgan fingerprint density at radius 2 is 1.95 bits per heavy atom. The van der Waals surface area contributed by atoms with Crippen LogP contribution in [-0.2, 0) is 6.54 Å². The molecule has 1 aromatic heterocycles. The summed E-state index contributed by atoms with van der Waals surface area (Å²) in [7, 11) is 1.46. The SMILES string of the molecule is COc1c(Cl)cc(C(=O)NCc2nc(C)c(C)o2)cc1Cl. The van der Waals surface area contributed by atoms with Crippen LogP contribution in [0.25, 0.3) is 0 Å². The second kappa shape index (κ2) is 6.37. The first kappa shape index (κ1) is 15.7. The topological polar surface area (TPSA) is 64.4 Å². The molecular weight excluding hydrogens is 315 g/mol. The second-order valence-corrected chi connectivity index (χ2v) is 5.22. The Morgan fingerprint density at radius 3 is 2.43 bits per heavy atom. The third-order valence-corrected chi connectivity index (χ3v) is 3.50. The fourth-order valence-electron chi connectivity index (χ4n) is 1.76. The summed E-state index contributed by atoms with van der Waals surface area (Å²) < 4.78 is 10.4. The first-order valence-electron chi connectivity index (χ1n) is 6.16. The Labute approximate surface area is 132 Å². The molecule has 0 unspecified atom stereocenters. The number of rotatable bonds is 4. The summed E-state index contributed by atoms with van der Waals surface area (Å²) in [6.45, 7) is 3.85. The van der Waals surface area contributed by atoms with E-state index in [1.54, 1.807) is 0 Å². The average Bonchev–Trinajstić information content (AvgIpc) is 2.74. The quantitative estimate of drug-likeness (QED) is 0.932. The number of benzene rings is 1. The minimum Gasteiger partial charge on any atom is -0.494 e. The van der Waals surface area contributed by atoms with Gasteiger partial charge in [-0.15, -0.1) is 0 Å². The van der Waals surface area contributed by atoms with Crippen LogP contribution < -0.4 is 10.1 Å². The zero-order valence-corrected chi connectivity index (χ0v) is 13.3. The van der Waals surface area contributed by atoms with Crippen molar-refractivity contribution >= 4 is 29.1 Å². The number of aryl methyl sites for hydroxylation is 2. The van der Waals surface area contributed by atoms with Gasteiger partial charge in [0.05, 0.1) is 29.4 Å². The van der Waals surface area contributed by atoms with Crippen molar-refractivity contribution in [1.29, 1.82) is 0 Å². The fourth-order valence-corrected chi connectivity index (χ4v) is 2.40. The molecule has 0 aliphatic rings. The van der Waals surface area contributed by atoms with Crippen molar-refractivity contribution in [2.45, 2.75) is 20.4 Å². The Hall–Kier alpha value is -1.72. The molecular formula is C14H14Cl2N2O3. The van der Waals surface area contributed by atoms with Crippen molar-refractivity contribution in [1.82, 2.24) is 10.3 Å². The van der Waals surface area contributed by atoms with E-state index < -0.39 is 0 Å². The van der Waals surface area contributed by atoms with Crippen LogP contribution in [0.15, 0.2) is 16.5 Å². The predicted molar refractivity (Wildman–Crippen MR) is 80.2 cm³/mol. The van der Waals surface area contributed by atoms with E-state index >= 15 is 0 Å². The Morgan fingerprint density at radius 1 is 1.33 bits per heavy atom. The number of carbonyl (C=O) groups is 1. The number of nitrogens with zero attached hydrogens (tertiary/aromatic N) is 1. The van der Waals surface area contributed by atoms with Gasteiger partial charge in [-0.1, -0.05) is 23.2 Å².